The zero-order valence-corrected chi connectivity index (χ0v) is 13.6. The lowest BCUT2D eigenvalue weighted by Gasteiger charge is -2.20. The minimum atomic E-state index is 0.236. The molecule has 0 spiro atoms. The first-order valence-corrected chi connectivity index (χ1v) is 8.23. The highest BCUT2D eigenvalue weighted by Crippen LogP contribution is 2.41. The van der Waals surface area contributed by atoms with Gasteiger partial charge in [-0.15, -0.1) is 0 Å². The first kappa shape index (κ1) is 15.9. The maximum atomic E-state index is 11.9. The third-order valence-corrected chi connectivity index (χ3v) is 4.28. The number of rotatable bonds is 6. The predicted molar refractivity (Wildman–Crippen MR) is 85.9 cm³/mol. The minimum absolute atomic E-state index is 0.236. The standard InChI is InChI=1S/C17H24N2O4/c1-21-14-9-13(10-15-17(14)23-12-22-15)11-18-6-8-19-7-4-2-3-5-16(19)20/h9-10,18H,2-8,11-12H2,1H3. The number of carbonyl (C=O) groups is 1. The molecule has 1 amide bonds. The van der Waals surface area contributed by atoms with Crippen molar-refractivity contribution in [3.05, 3.63) is 17.7 Å². The second-order valence-corrected chi connectivity index (χ2v) is 5.90. The molecule has 6 nitrogen and oxygen atoms in total. The van der Waals surface area contributed by atoms with Gasteiger partial charge in [-0.1, -0.05) is 6.42 Å². The Morgan fingerprint density at radius 2 is 2.17 bits per heavy atom. The van der Waals surface area contributed by atoms with Gasteiger partial charge >= 0.3 is 0 Å². The summed E-state index contributed by atoms with van der Waals surface area (Å²) in [6.07, 6.45) is 4.00. The monoisotopic (exact) mass is 320 g/mol. The van der Waals surface area contributed by atoms with Crippen LogP contribution in [0.1, 0.15) is 31.2 Å². The van der Waals surface area contributed by atoms with Crippen molar-refractivity contribution in [3.63, 3.8) is 0 Å². The van der Waals surface area contributed by atoms with Crippen LogP contribution in [0.5, 0.6) is 17.2 Å². The Kier molecular flexibility index (Phi) is 5.23. The van der Waals surface area contributed by atoms with E-state index >= 15 is 0 Å². The van der Waals surface area contributed by atoms with Crippen molar-refractivity contribution in [3.8, 4) is 17.2 Å². The zero-order chi connectivity index (χ0) is 16.1. The molecule has 0 aromatic heterocycles. The van der Waals surface area contributed by atoms with Gasteiger partial charge in [-0.05, 0) is 30.5 Å². The number of carbonyl (C=O) groups excluding carboxylic acids is 1. The second kappa shape index (κ2) is 7.55. The van der Waals surface area contributed by atoms with Gasteiger partial charge in [-0.25, -0.2) is 0 Å². The summed E-state index contributed by atoms with van der Waals surface area (Å²) in [5.41, 5.74) is 1.08. The van der Waals surface area contributed by atoms with Gasteiger partial charge in [0.15, 0.2) is 11.5 Å². The molecule has 0 radical (unpaired) electrons. The predicted octanol–water partition coefficient (Wildman–Crippen LogP) is 1.92. The molecule has 1 fully saturated rings. The third kappa shape index (κ3) is 3.88. The summed E-state index contributed by atoms with van der Waals surface area (Å²) in [4.78, 5) is 13.9. The highest BCUT2D eigenvalue weighted by Gasteiger charge is 2.20. The van der Waals surface area contributed by atoms with Crippen LogP contribution in [-0.2, 0) is 11.3 Å². The lowest BCUT2D eigenvalue weighted by molar-refractivity contribution is -0.130. The molecule has 0 atom stereocenters. The fourth-order valence-corrected chi connectivity index (χ4v) is 3.01. The highest BCUT2D eigenvalue weighted by molar-refractivity contribution is 5.76. The Labute approximate surface area is 136 Å². The van der Waals surface area contributed by atoms with Gasteiger partial charge in [0.05, 0.1) is 7.11 Å². The lowest BCUT2D eigenvalue weighted by Crippen LogP contribution is -2.36. The van der Waals surface area contributed by atoms with Crippen LogP contribution in [0.25, 0.3) is 0 Å². The SMILES string of the molecule is COc1cc(CNCCN2CCCCCC2=O)cc2c1OCO2. The molecule has 2 heterocycles. The van der Waals surface area contributed by atoms with E-state index in [0.29, 0.717) is 24.5 Å². The lowest BCUT2D eigenvalue weighted by atomic mass is 10.2. The third-order valence-electron chi connectivity index (χ3n) is 4.28. The van der Waals surface area contributed by atoms with E-state index in [-0.39, 0.29) is 12.7 Å². The Hall–Kier alpha value is -1.95. The first-order chi connectivity index (χ1) is 11.3. The van der Waals surface area contributed by atoms with Crippen molar-refractivity contribution in [2.75, 3.05) is 33.5 Å². The summed E-state index contributed by atoms with van der Waals surface area (Å²) in [7, 11) is 1.62. The minimum Gasteiger partial charge on any atom is -0.493 e. The number of ether oxygens (including phenoxy) is 3. The van der Waals surface area contributed by atoms with Gasteiger partial charge in [0.25, 0.3) is 0 Å². The number of nitrogens with zero attached hydrogens (tertiary/aromatic N) is 1. The van der Waals surface area contributed by atoms with Crippen molar-refractivity contribution in [1.82, 2.24) is 10.2 Å². The maximum absolute atomic E-state index is 11.9. The molecule has 6 heteroatoms. The number of hydrogen-bond donors (Lipinski definition) is 1. The molecule has 1 aromatic rings. The molecule has 0 bridgehead atoms. The van der Waals surface area contributed by atoms with E-state index in [0.717, 1.165) is 50.2 Å². The van der Waals surface area contributed by atoms with Crippen molar-refractivity contribution < 1.29 is 19.0 Å². The number of amides is 1. The average Bonchev–Trinajstić information content (AvgIpc) is 2.94. The van der Waals surface area contributed by atoms with Crippen LogP contribution >= 0.6 is 0 Å². The van der Waals surface area contributed by atoms with Crippen LogP contribution in [0.2, 0.25) is 0 Å². The number of fused-ring (bicyclic) bond motifs is 1. The van der Waals surface area contributed by atoms with E-state index in [9.17, 15) is 4.79 Å². The van der Waals surface area contributed by atoms with Crippen LogP contribution in [0.15, 0.2) is 12.1 Å². The van der Waals surface area contributed by atoms with Crippen LogP contribution in [0, 0.1) is 0 Å². The molecular weight excluding hydrogens is 296 g/mol. The number of hydrogen-bond acceptors (Lipinski definition) is 5. The summed E-state index contributed by atoms with van der Waals surface area (Å²) in [6.45, 7) is 3.37. The van der Waals surface area contributed by atoms with Gasteiger partial charge in [0.1, 0.15) is 0 Å². The molecule has 2 aliphatic heterocycles. The molecular formula is C17H24N2O4. The van der Waals surface area contributed by atoms with E-state index in [1.54, 1.807) is 7.11 Å². The second-order valence-electron chi connectivity index (χ2n) is 5.90. The van der Waals surface area contributed by atoms with Crippen LogP contribution in [0.4, 0.5) is 0 Å². The van der Waals surface area contributed by atoms with Gasteiger partial charge in [-0.3, -0.25) is 4.79 Å². The Morgan fingerprint density at radius 1 is 1.26 bits per heavy atom. The quantitative estimate of drug-likeness (QED) is 0.812. The molecule has 1 aromatic carbocycles. The van der Waals surface area contributed by atoms with Gasteiger partial charge in [0, 0.05) is 32.6 Å². The van der Waals surface area contributed by atoms with E-state index in [1.807, 2.05) is 17.0 Å². The number of likely N-dealkylation sites (tertiary alicyclic amines) is 1. The summed E-state index contributed by atoms with van der Waals surface area (Å²) >= 11 is 0. The molecule has 2 aliphatic rings. The fourth-order valence-electron chi connectivity index (χ4n) is 3.01. The summed E-state index contributed by atoms with van der Waals surface area (Å²) in [5.74, 6) is 2.38. The summed E-state index contributed by atoms with van der Waals surface area (Å²) in [5, 5.41) is 3.39. The van der Waals surface area contributed by atoms with E-state index in [1.165, 1.54) is 0 Å². The van der Waals surface area contributed by atoms with Crippen molar-refractivity contribution in [1.29, 1.82) is 0 Å². The van der Waals surface area contributed by atoms with E-state index < -0.39 is 0 Å². The number of methoxy groups -OCH3 is 1. The number of nitrogens with one attached hydrogen (secondary N) is 1. The Bertz CT molecular complexity index is 562. The molecule has 23 heavy (non-hydrogen) atoms. The van der Waals surface area contributed by atoms with Crippen LogP contribution in [0.3, 0.4) is 0 Å². The normalized spacial score (nSPS) is 17.3. The van der Waals surface area contributed by atoms with Crippen molar-refractivity contribution in [2.45, 2.75) is 32.2 Å². The van der Waals surface area contributed by atoms with Gasteiger partial charge in [-0.2, -0.15) is 0 Å². The summed E-state index contributed by atoms with van der Waals surface area (Å²) < 4.78 is 16.2. The van der Waals surface area contributed by atoms with Gasteiger partial charge < -0.3 is 24.4 Å². The molecule has 1 saturated heterocycles. The Balaban J connectivity index is 1.50. The molecule has 126 valence electrons. The topological polar surface area (TPSA) is 60.0 Å². The van der Waals surface area contributed by atoms with Crippen molar-refractivity contribution >= 4 is 5.91 Å². The van der Waals surface area contributed by atoms with E-state index in [2.05, 4.69) is 5.32 Å². The molecule has 0 aliphatic carbocycles. The largest absolute Gasteiger partial charge is 0.493 e. The maximum Gasteiger partial charge on any atom is 0.231 e. The molecule has 0 saturated carbocycles. The van der Waals surface area contributed by atoms with E-state index in [4.69, 9.17) is 14.2 Å². The molecule has 3 rings (SSSR count). The Morgan fingerprint density at radius 3 is 3.04 bits per heavy atom. The molecule has 1 N–H and O–H groups in total. The van der Waals surface area contributed by atoms with Crippen LogP contribution in [-0.4, -0.2) is 44.3 Å². The smallest absolute Gasteiger partial charge is 0.231 e. The van der Waals surface area contributed by atoms with Crippen LogP contribution < -0.4 is 19.5 Å². The molecule has 0 unspecified atom stereocenters. The van der Waals surface area contributed by atoms with Gasteiger partial charge in [0.2, 0.25) is 18.4 Å². The first-order valence-electron chi connectivity index (χ1n) is 8.23. The van der Waals surface area contributed by atoms with Crippen molar-refractivity contribution in [2.24, 2.45) is 0 Å². The fraction of sp³-hybridized carbons (Fsp3) is 0.588. The highest BCUT2D eigenvalue weighted by atomic mass is 16.7. The average molecular weight is 320 g/mol. The number of benzene rings is 1. The zero-order valence-electron chi connectivity index (χ0n) is 13.6. The summed E-state index contributed by atoms with van der Waals surface area (Å²) in [6, 6.07) is 3.92.